The van der Waals surface area contributed by atoms with Gasteiger partial charge in [-0.05, 0) is 37.5 Å². The highest BCUT2D eigenvalue weighted by Crippen LogP contribution is 2.05. The van der Waals surface area contributed by atoms with Crippen LogP contribution >= 0.6 is 0 Å². The van der Waals surface area contributed by atoms with Crippen LogP contribution in [0.4, 0.5) is 4.39 Å². The van der Waals surface area contributed by atoms with Crippen LogP contribution in [0, 0.1) is 5.82 Å². The Morgan fingerprint density at radius 2 is 2.00 bits per heavy atom. The van der Waals surface area contributed by atoms with Crippen LogP contribution < -0.4 is 11.1 Å². The lowest BCUT2D eigenvalue weighted by molar-refractivity contribution is -0.123. The molecule has 2 unspecified atom stereocenters. The fourth-order valence-corrected chi connectivity index (χ4v) is 1.56. The normalized spacial score (nSPS) is 14.1. The molecule has 2 atom stereocenters. The zero-order valence-electron chi connectivity index (χ0n) is 10.2. The van der Waals surface area contributed by atoms with Gasteiger partial charge >= 0.3 is 0 Å². The molecular weight excluding hydrogens is 219 g/mol. The van der Waals surface area contributed by atoms with E-state index in [4.69, 9.17) is 5.73 Å². The van der Waals surface area contributed by atoms with Gasteiger partial charge < -0.3 is 11.1 Å². The third kappa shape index (κ3) is 4.53. The lowest BCUT2D eigenvalue weighted by Gasteiger charge is -2.16. The van der Waals surface area contributed by atoms with Gasteiger partial charge in [0.25, 0.3) is 0 Å². The van der Waals surface area contributed by atoms with E-state index in [1.54, 1.807) is 12.1 Å². The van der Waals surface area contributed by atoms with Gasteiger partial charge in [-0.15, -0.1) is 0 Å². The molecule has 0 aliphatic heterocycles. The molecule has 0 aliphatic carbocycles. The van der Waals surface area contributed by atoms with E-state index in [0.717, 1.165) is 5.56 Å². The minimum Gasteiger partial charge on any atom is -0.352 e. The number of nitrogens with two attached hydrogens (primary N) is 1. The topological polar surface area (TPSA) is 55.1 Å². The van der Waals surface area contributed by atoms with E-state index in [-0.39, 0.29) is 17.8 Å². The van der Waals surface area contributed by atoms with Gasteiger partial charge in [-0.3, -0.25) is 4.79 Å². The largest absolute Gasteiger partial charge is 0.352 e. The van der Waals surface area contributed by atoms with E-state index in [2.05, 4.69) is 5.32 Å². The molecule has 0 heterocycles. The van der Waals surface area contributed by atoms with Crippen molar-refractivity contribution in [2.75, 3.05) is 0 Å². The van der Waals surface area contributed by atoms with Crippen molar-refractivity contribution in [3.8, 4) is 0 Å². The van der Waals surface area contributed by atoms with Gasteiger partial charge in [0.15, 0.2) is 0 Å². The molecule has 3 N–H and O–H groups in total. The Hall–Kier alpha value is -1.42. The molecule has 0 saturated carbocycles. The van der Waals surface area contributed by atoms with Crippen LogP contribution in [-0.2, 0) is 11.2 Å². The molecule has 1 amide bonds. The van der Waals surface area contributed by atoms with Gasteiger partial charge in [0.2, 0.25) is 5.91 Å². The zero-order chi connectivity index (χ0) is 12.8. The van der Waals surface area contributed by atoms with Gasteiger partial charge in [-0.25, -0.2) is 4.39 Å². The summed E-state index contributed by atoms with van der Waals surface area (Å²) in [6.45, 7) is 3.78. The standard InChI is InChI=1S/C13H19FN2O/c1-3-12(15)13(17)16-9(2)8-10-4-6-11(14)7-5-10/h4-7,9,12H,3,8,15H2,1-2H3,(H,16,17). The zero-order valence-corrected chi connectivity index (χ0v) is 10.2. The number of hydrogen-bond donors (Lipinski definition) is 2. The van der Waals surface area contributed by atoms with Gasteiger partial charge in [-0.1, -0.05) is 19.1 Å². The summed E-state index contributed by atoms with van der Waals surface area (Å²) in [7, 11) is 0. The monoisotopic (exact) mass is 238 g/mol. The first-order valence-corrected chi connectivity index (χ1v) is 5.83. The molecule has 4 heteroatoms. The molecular formula is C13H19FN2O. The van der Waals surface area contributed by atoms with E-state index < -0.39 is 6.04 Å². The Balaban J connectivity index is 2.47. The lowest BCUT2D eigenvalue weighted by Crippen LogP contribution is -2.44. The number of carbonyl (C=O) groups is 1. The van der Waals surface area contributed by atoms with E-state index in [0.29, 0.717) is 12.8 Å². The minimum atomic E-state index is -0.453. The predicted molar refractivity (Wildman–Crippen MR) is 66.0 cm³/mol. The maximum Gasteiger partial charge on any atom is 0.237 e. The van der Waals surface area contributed by atoms with Crippen LogP contribution in [0.1, 0.15) is 25.8 Å². The summed E-state index contributed by atoms with van der Waals surface area (Å²) < 4.78 is 12.7. The molecule has 1 rings (SSSR count). The number of benzene rings is 1. The smallest absolute Gasteiger partial charge is 0.237 e. The maximum atomic E-state index is 12.7. The number of halogens is 1. The number of nitrogens with one attached hydrogen (secondary N) is 1. The summed E-state index contributed by atoms with van der Waals surface area (Å²) in [5, 5.41) is 2.84. The van der Waals surface area contributed by atoms with Crippen LogP contribution in [0.5, 0.6) is 0 Å². The quantitative estimate of drug-likeness (QED) is 0.818. The van der Waals surface area contributed by atoms with Crippen molar-refractivity contribution in [2.45, 2.75) is 38.8 Å². The number of amides is 1. The SMILES string of the molecule is CCC(N)C(=O)NC(C)Cc1ccc(F)cc1. The van der Waals surface area contributed by atoms with E-state index >= 15 is 0 Å². The van der Waals surface area contributed by atoms with Crippen LogP contribution in [-0.4, -0.2) is 18.0 Å². The number of carbonyl (C=O) groups excluding carboxylic acids is 1. The van der Waals surface area contributed by atoms with E-state index in [9.17, 15) is 9.18 Å². The number of hydrogen-bond acceptors (Lipinski definition) is 2. The number of rotatable bonds is 5. The van der Waals surface area contributed by atoms with Crippen LogP contribution in [0.3, 0.4) is 0 Å². The van der Waals surface area contributed by atoms with Gasteiger partial charge in [-0.2, -0.15) is 0 Å². The molecule has 0 spiro atoms. The van der Waals surface area contributed by atoms with Crippen molar-refractivity contribution in [3.05, 3.63) is 35.6 Å². The second-order valence-corrected chi connectivity index (χ2v) is 4.25. The molecule has 0 saturated heterocycles. The van der Waals surface area contributed by atoms with Crippen LogP contribution in [0.25, 0.3) is 0 Å². The highest BCUT2D eigenvalue weighted by molar-refractivity contribution is 5.81. The summed E-state index contributed by atoms with van der Waals surface area (Å²) in [6.07, 6.45) is 1.29. The molecule has 0 radical (unpaired) electrons. The van der Waals surface area contributed by atoms with Crippen molar-refractivity contribution < 1.29 is 9.18 Å². The van der Waals surface area contributed by atoms with Gasteiger partial charge in [0, 0.05) is 6.04 Å². The molecule has 94 valence electrons. The first-order chi connectivity index (χ1) is 8.02. The van der Waals surface area contributed by atoms with Crippen LogP contribution in [0.2, 0.25) is 0 Å². The second kappa shape index (κ2) is 6.35. The van der Waals surface area contributed by atoms with Crippen molar-refractivity contribution >= 4 is 5.91 Å². The Morgan fingerprint density at radius 3 is 2.53 bits per heavy atom. The summed E-state index contributed by atoms with van der Waals surface area (Å²) in [4.78, 5) is 11.5. The predicted octanol–water partition coefficient (Wildman–Crippen LogP) is 1.61. The summed E-state index contributed by atoms with van der Waals surface area (Å²) in [6, 6.07) is 5.81. The highest BCUT2D eigenvalue weighted by Gasteiger charge is 2.13. The Morgan fingerprint density at radius 1 is 1.41 bits per heavy atom. The van der Waals surface area contributed by atoms with Gasteiger partial charge in [0.05, 0.1) is 6.04 Å². The minimum absolute atomic E-state index is 0.00874. The summed E-state index contributed by atoms with van der Waals surface area (Å²) >= 11 is 0. The molecule has 0 aliphatic rings. The molecule has 0 bridgehead atoms. The molecule has 0 aromatic heterocycles. The fraction of sp³-hybridized carbons (Fsp3) is 0.462. The van der Waals surface area contributed by atoms with Crippen molar-refractivity contribution in [1.29, 1.82) is 0 Å². The first-order valence-electron chi connectivity index (χ1n) is 5.83. The van der Waals surface area contributed by atoms with Gasteiger partial charge in [0.1, 0.15) is 5.82 Å². The first kappa shape index (κ1) is 13.6. The highest BCUT2D eigenvalue weighted by atomic mass is 19.1. The van der Waals surface area contributed by atoms with Crippen molar-refractivity contribution in [3.63, 3.8) is 0 Å². The molecule has 17 heavy (non-hydrogen) atoms. The third-order valence-electron chi connectivity index (χ3n) is 2.62. The second-order valence-electron chi connectivity index (χ2n) is 4.25. The molecule has 1 aromatic carbocycles. The van der Waals surface area contributed by atoms with Crippen molar-refractivity contribution in [1.82, 2.24) is 5.32 Å². The van der Waals surface area contributed by atoms with E-state index in [1.807, 2.05) is 13.8 Å². The molecule has 0 fully saturated rings. The van der Waals surface area contributed by atoms with E-state index in [1.165, 1.54) is 12.1 Å². The van der Waals surface area contributed by atoms with Crippen molar-refractivity contribution in [2.24, 2.45) is 5.73 Å². The fourth-order valence-electron chi connectivity index (χ4n) is 1.56. The maximum absolute atomic E-state index is 12.7. The summed E-state index contributed by atoms with van der Waals surface area (Å²) in [5.74, 6) is -0.388. The molecule has 3 nitrogen and oxygen atoms in total. The average molecular weight is 238 g/mol. The Kier molecular flexibility index (Phi) is 5.10. The third-order valence-corrected chi connectivity index (χ3v) is 2.62. The summed E-state index contributed by atoms with van der Waals surface area (Å²) in [5.41, 5.74) is 6.61. The Bertz CT molecular complexity index is 364. The average Bonchev–Trinajstić information content (AvgIpc) is 2.30. The van der Waals surface area contributed by atoms with Crippen LogP contribution in [0.15, 0.2) is 24.3 Å². The Labute approximate surface area is 101 Å². The lowest BCUT2D eigenvalue weighted by atomic mass is 10.1. The molecule has 1 aromatic rings.